The van der Waals surface area contributed by atoms with Gasteiger partial charge < -0.3 is 15.2 Å². The molecule has 4 aliphatic carbocycles. The molecule has 0 aromatic carbocycles. The van der Waals surface area contributed by atoms with E-state index >= 15 is 0 Å². The Bertz CT molecular complexity index is 584. The van der Waals surface area contributed by atoms with Gasteiger partial charge in [0, 0.05) is 19.6 Å². The standard InChI is InChI=1S/C17H25N3O3/c1-23-3-2-14-13(9-18-20-14)16(21)19-15-11-4-10-5-12(15)8-17(22,6-10)7-11/h9-12,15,22H,2-8H2,1H3,(H,18,20)(H,19,21). The molecule has 4 saturated carbocycles. The van der Waals surface area contributed by atoms with E-state index in [0.29, 0.717) is 36.3 Å². The lowest BCUT2D eigenvalue weighted by atomic mass is 9.52. The number of nitrogens with one attached hydrogen (secondary N) is 2. The first-order chi connectivity index (χ1) is 11.1. The first-order valence-electron chi connectivity index (χ1n) is 8.62. The second-order valence-electron chi connectivity index (χ2n) is 7.70. The third kappa shape index (κ3) is 2.68. The second-order valence-corrected chi connectivity index (χ2v) is 7.70. The zero-order chi connectivity index (χ0) is 16.0. The van der Waals surface area contributed by atoms with E-state index in [4.69, 9.17) is 4.74 Å². The Morgan fingerprint density at radius 2 is 2.17 bits per heavy atom. The molecule has 1 amide bonds. The summed E-state index contributed by atoms with van der Waals surface area (Å²) in [6, 6.07) is 0.199. The molecule has 0 spiro atoms. The number of carbonyl (C=O) groups excluding carboxylic acids is 1. The Morgan fingerprint density at radius 1 is 1.43 bits per heavy atom. The lowest BCUT2D eigenvalue weighted by Crippen LogP contribution is -2.61. The van der Waals surface area contributed by atoms with E-state index in [1.54, 1.807) is 13.3 Å². The number of aromatic amines is 1. The largest absolute Gasteiger partial charge is 0.390 e. The normalized spacial score (nSPS) is 38.0. The van der Waals surface area contributed by atoms with Crippen molar-refractivity contribution >= 4 is 5.91 Å². The lowest BCUT2D eigenvalue weighted by molar-refractivity contribution is -0.136. The van der Waals surface area contributed by atoms with E-state index in [-0.39, 0.29) is 11.9 Å². The maximum absolute atomic E-state index is 12.7. The van der Waals surface area contributed by atoms with Crippen LogP contribution < -0.4 is 5.32 Å². The predicted octanol–water partition coefficient (Wildman–Crippen LogP) is 1.27. The van der Waals surface area contributed by atoms with Crippen LogP contribution in [0.5, 0.6) is 0 Å². The quantitative estimate of drug-likeness (QED) is 0.763. The lowest BCUT2D eigenvalue weighted by Gasteiger charge is -2.58. The molecule has 4 aliphatic rings. The number of nitrogens with zero attached hydrogens (tertiary/aromatic N) is 1. The number of methoxy groups -OCH3 is 1. The van der Waals surface area contributed by atoms with Crippen LogP contribution >= 0.6 is 0 Å². The minimum atomic E-state index is -0.461. The van der Waals surface area contributed by atoms with E-state index in [1.807, 2.05) is 0 Å². The maximum Gasteiger partial charge on any atom is 0.254 e. The SMILES string of the molecule is COCCc1[nH]ncc1C(=O)NC1C2CC3CC1CC(O)(C3)C2. The topological polar surface area (TPSA) is 87.2 Å². The molecule has 23 heavy (non-hydrogen) atoms. The van der Waals surface area contributed by atoms with Crippen molar-refractivity contribution < 1.29 is 14.6 Å². The number of H-pyrrole nitrogens is 1. The molecule has 126 valence electrons. The van der Waals surface area contributed by atoms with Gasteiger partial charge in [-0.1, -0.05) is 0 Å². The van der Waals surface area contributed by atoms with Crippen molar-refractivity contribution in [1.29, 1.82) is 0 Å². The van der Waals surface area contributed by atoms with Crippen LogP contribution in [-0.4, -0.2) is 46.6 Å². The molecule has 6 nitrogen and oxygen atoms in total. The van der Waals surface area contributed by atoms with Crippen LogP contribution in [0.4, 0.5) is 0 Å². The van der Waals surface area contributed by atoms with E-state index in [9.17, 15) is 9.90 Å². The van der Waals surface area contributed by atoms with E-state index in [1.165, 1.54) is 0 Å². The molecular weight excluding hydrogens is 294 g/mol. The Morgan fingerprint density at radius 3 is 2.83 bits per heavy atom. The van der Waals surface area contributed by atoms with Gasteiger partial charge in [-0.25, -0.2) is 0 Å². The maximum atomic E-state index is 12.7. The average Bonchev–Trinajstić information content (AvgIpc) is 2.95. The van der Waals surface area contributed by atoms with Gasteiger partial charge in [-0.3, -0.25) is 9.89 Å². The molecule has 4 fully saturated rings. The highest BCUT2D eigenvalue weighted by molar-refractivity contribution is 5.95. The summed E-state index contributed by atoms with van der Waals surface area (Å²) < 4.78 is 5.08. The molecule has 4 bridgehead atoms. The fourth-order valence-electron chi connectivity index (χ4n) is 5.35. The van der Waals surface area contributed by atoms with Crippen LogP contribution in [0.2, 0.25) is 0 Å². The summed E-state index contributed by atoms with van der Waals surface area (Å²) in [6.07, 6.45) is 7.18. The number of aliphatic hydroxyl groups is 1. The van der Waals surface area contributed by atoms with Crippen molar-refractivity contribution in [2.24, 2.45) is 17.8 Å². The summed E-state index contributed by atoms with van der Waals surface area (Å²) in [5.41, 5.74) is 0.984. The predicted molar refractivity (Wildman–Crippen MR) is 83.9 cm³/mol. The average molecular weight is 319 g/mol. The summed E-state index contributed by atoms with van der Waals surface area (Å²) in [7, 11) is 1.65. The monoisotopic (exact) mass is 319 g/mol. The van der Waals surface area contributed by atoms with Crippen molar-refractivity contribution in [3.8, 4) is 0 Å². The molecule has 6 heteroatoms. The molecule has 3 N–H and O–H groups in total. The van der Waals surface area contributed by atoms with Crippen LogP contribution in [0.1, 0.15) is 48.2 Å². The van der Waals surface area contributed by atoms with Crippen molar-refractivity contribution in [1.82, 2.24) is 15.5 Å². The Balaban J connectivity index is 1.46. The van der Waals surface area contributed by atoms with Crippen LogP contribution in [-0.2, 0) is 11.2 Å². The fourth-order valence-corrected chi connectivity index (χ4v) is 5.35. The van der Waals surface area contributed by atoms with E-state index in [2.05, 4.69) is 15.5 Å². The van der Waals surface area contributed by atoms with Gasteiger partial charge in [-0.05, 0) is 49.9 Å². The number of carbonyl (C=O) groups is 1. The van der Waals surface area contributed by atoms with Gasteiger partial charge in [-0.15, -0.1) is 0 Å². The second kappa shape index (κ2) is 5.60. The van der Waals surface area contributed by atoms with Crippen molar-refractivity contribution in [3.05, 3.63) is 17.5 Å². The molecule has 0 radical (unpaired) electrons. The molecule has 1 aromatic rings. The molecule has 1 heterocycles. The highest BCUT2D eigenvalue weighted by Gasteiger charge is 2.55. The van der Waals surface area contributed by atoms with E-state index in [0.717, 1.165) is 37.8 Å². The molecule has 0 aliphatic heterocycles. The molecular formula is C17H25N3O3. The molecule has 2 atom stereocenters. The van der Waals surface area contributed by atoms with Gasteiger partial charge >= 0.3 is 0 Å². The summed E-state index contributed by atoms with van der Waals surface area (Å²) >= 11 is 0. The Kier molecular flexibility index (Phi) is 3.69. The van der Waals surface area contributed by atoms with E-state index < -0.39 is 5.60 Å². The minimum absolute atomic E-state index is 0.0469. The zero-order valence-electron chi connectivity index (χ0n) is 13.5. The van der Waals surface area contributed by atoms with Crippen molar-refractivity contribution in [2.75, 3.05) is 13.7 Å². The molecule has 2 unspecified atom stereocenters. The third-order valence-electron chi connectivity index (χ3n) is 6.06. The van der Waals surface area contributed by atoms with Crippen molar-refractivity contribution in [3.63, 3.8) is 0 Å². The first-order valence-corrected chi connectivity index (χ1v) is 8.62. The summed E-state index contributed by atoms with van der Waals surface area (Å²) in [6.45, 7) is 0.561. The van der Waals surface area contributed by atoms with Gasteiger partial charge in [0.15, 0.2) is 0 Å². The Hall–Kier alpha value is -1.40. The summed E-state index contributed by atoms with van der Waals surface area (Å²) in [4.78, 5) is 12.7. The smallest absolute Gasteiger partial charge is 0.254 e. The van der Waals surface area contributed by atoms with Gasteiger partial charge in [-0.2, -0.15) is 5.10 Å². The number of rotatable bonds is 5. The van der Waals surface area contributed by atoms with Gasteiger partial charge in [0.1, 0.15) is 0 Å². The highest BCUT2D eigenvalue weighted by Crippen LogP contribution is 2.55. The van der Waals surface area contributed by atoms with Crippen LogP contribution in [0.3, 0.4) is 0 Å². The fraction of sp³-hybridized carbons (Fsp3) is 0.765. The number of ether oxygens (including phenoxy) is 1. The van der Waals surface area contributed by atoms with Crippen molar-refractivity contribution in [2.45, 2.75) is 50.2 Å². The number of hydrogen-bond donors (Lipinski definition) is 3. The Labute approximate surface area is 136 Å². The molecule has 1 aromatic heterocycles. The number of hydrogen-bond acceptors (Lipinski definition) is 4. The zero-order valence-corrected chi connectivity index (χ0v) is 13.5. The summed E-state index contributed by atoms with van der Waals surface area (Å²) in [5, 5.41) is 20.8. The van der Waals surface area contributed by atoms with Crippen LogP contribution in [0.25, 0.3) is 0 Å². The molecule has 5 rings (SSSR count). The van der Waals surface area contributed by atoms with Crippen LogP contribution in [0, 0.1) is 17.8 Å². The number of aromatic nitrogens is 2. The van der Waals surface area contributed by atoms with Gasteiger partial charge in [0.2, 0.25) is 0 Å². The van der Waals surface area contributed by atoms with Gasteiger partial charge in [0.05, 0.1) is 29.7 Å². The first kappa shape index (κ1) is 15.1. The highest BCUT2D eigenvalue weighted by atomic mass is 16.5. The third-order valence-corrected chi connectivity index (χ3v) is 6.06. The minimum Gasteiger partial charge on any atom is -0.390 e. The number of amides is 1. The van der Waals surface area contributed by atoms with Crippen LogP contribution in [0.15, 0.2) is 6.20 Å². The summed E-state index contributed by atoms with van der Waals surface area (Å²) in [5.74, 6) is 1.44. The van der Waals surface area contributed by atoms with Gasteiger partial charge in [0.25, 0.3) is 5.91 Å². The molecule has 0 saturated heterocycles.